The van der Waals surface area contributed by atoms with Gasteiger partial charge in [-0.25, -0.2) is 0 Å². The van der Waals surface area contributed by atoms with Gasteiger partial charge in [-0.3, -0.25) is 9.59 Å². The van der Waals surface area contributed by atoms with Gasteiger partial charge in [-0.15, -0.1) is 0 Å². The SMILES string of the molecule is Cc1cc(-c2ccc(C(C)(C)C)cc2)ccc1C(CCC(F)(F)F)Nc1ccc(C(=O)N2CCC[C@@H](C(=O)O)C2)cc1. The molecule has 3 aromatic carbocycles. The molecule has 1 fully saturated rings. The molecule has 0 radical (unpaired) electrons. The van der Waals surface area contributed by atoms with E-state index in [0.717, 1.165) is 22.3 Å². The van der Waals surface area contributed by atoms with Crippen LogP contribution in [0.1, 0.15) is 79.5 Å². The highest BCUT2D eigenvalue weighted by molar-refractivity contribution is 5.95. The maximum atomic E-state index is 13.3. The van der Waals surface area contributed by atoms with Crippen molar-refractivity contribution >= 4 is 17.6 Å². The van der Waals surface area contributed by atoms with Crippen molar-refractivity contribution in [3.05, 3.63) is 89.0 Å². The summed E-state index contributed by atoms with van der Waals surface area (Å²) in [7, 11) is 0. The van der Waals surface area contributed by atoms with E-state index >= 15 is 0 Å². The predicted molar refractivity (Wildman–Crippen MR) is 160 cm³/mol. The molecule has 0 aliphatic carbocycles. The number of hydrogen-bond donors (Lipinski definition) is 2. The number of anilines is 1. The number of alkyl halides is 3. The van der Waals surface area contributed by atoms with Crippen LogP contribution in [0.25, 0.3) is 11.1 Å². The molecule has 0 aromatic heterocycles. The number of aryl methyl sites for hydroxylation is 1. The highest BCUT2D eigenvalue weighted by atomic mass is 19.4. The first-order chi connectivity index (χ1) is 19.7. The number of carbonyl (C=O) groups is 2. The monoisotopic (exact) mass is 580 g/mol. The fourth-order valence-electron chi connectivity index (χ4n) is 5.48. The Kier molecular flexibility index (Phi) is 9.34. The van der Waals surface area contributed by atoms with E-state index in [0.29, 0.717) is 30.6 Å². The summed E-state index contributed by atoms with van der Waals surface area (Å²) in [5.41, 5.74) is 5.98. The Morgan fingerprint density at radius 2 is 1.62 bits per heavy atom. The number of nitrogens with zero attached hydrogens (tertiary/aromatic N) is 1. The zero-order valence-corrected chi connectivity index (χ0v) is 24.6. The average Bonchev–Trinajstić information content (AvgIpc) is 2.94. The van der Waals surface area contributed by atoms with Crippen LogP contribution < -0.4 is 5.32 Å². The largest absolute Gasteiger partial charge is 0.481 e. The number of likely N-dealkylation sites (tertiary alicyclic amines) is 1. The van der Waals surface area contributed by atoms with E-state index in [4.69, 9.17) is 0 Å². The first-order valence-electron chi connectivity index (χ1n) is 14.4. The molecule has 1 aliphatic heterocycles. The lowest BCUT2D eigenvalue weighted by atomic mass is 9.86. The third-order valence-electron chi connectivity index (χ3n) is 7.98. The second kappa shape index (κ2) is 12.6. The first kappa shape index (κ1) is 31.1. The molecule has 5 nitrogen and oxygen atoms in total. The van der Waals surface area contributed by atoms with Gasteiger partial charge in [0.05, 0.1) is 12.0 Å². The average molecular weight is 581 g/mol. The number of carboxylic acid groups (broad SMARTS) is 1. The zero-order chi connectivity index (χ0) is 30.7. The Labute approximate surface area is 245 Å². The van der Waals surface area contributed by atoms with E-state index in [2.05, 4.69) is 50.4 Å². The summed E-state index contributed by atoms with van der Waals surface area (Å²) >= 11 is 0. The molecular formula is C34H39F3N2O3. The molecule has 1 heterocycles. The number of nitrogens with one attached hydrogen (secondary N) is 1. The lowest BCUT2D eigenvalue weighted by Crippen LogP contribution is -2.42. The van der Waals surface area contributed by atoms with Gasteiger partial charge in [0, 0.05) is 30.8 Å². The lowest BCUT2D eigenvalue weighted by Gasteiger charge is -2.30. The Morgan fingerprint density at radius 3 is 2.19 bits per heavy atom. The van der Waals surface area contributed by atoms with E-state index in [9.17, 15) is 27.9 Å². The summed E-state index contributed by atoms with van der Waals surface area (Å²) in [6.07, 6.45) is -4.19. The van der Waals surface area contributed by atoms with Crippen molar-refractivity contribution in [2.24, 2.45) is 5.92 Å². The number of halogens is 3. The normalized spacial score (nSPS) is 16.6. The van der Waals surface area contributed by atoms with Crippen molar-refractivity contribution in [3.63, 3.8) is 0 Å². The minimum absolute atomic E-state index is 0.0398. The third-order valence-corrected chi connectivity index (χ3v) is 7.98. The zero-order valence-electron chi connectivity index (χ0n) is 24.6. The molecule has 3 aromatic rings. The fraction of sp³-hybridized carbons (Fsp3) is 0.412. The van der Waals surface area contributed by atoms with Crippen LogP contribution in [0, 0.1) is 12.8 Å². The van der Waals surface area contributed by atoms with E-state index in [1.165, 1.54) is 5.56 Å². The van der Waals surface area contributed by atoms with Gasteiger partial charge in [0.25, 0.3) is 5.91 Å². The van der Waals surface area contributed by atoms with Crippen LogP contribution in [-0.4, -0.2) is 41.1 Å². The van der Waals surface area contributed by atoms with Crippen LogP contribution >= 0.6 is 0 Å². The van der Waals surface area contributed by atoms with Crippen LogP contribution in [0.4, 0.5) is 18.9 Å². The van der Waals surface area contributed by atoms with Gasteiger partial charge in [0.2, 0.25) is 0 Å². The lowest BCUT2D eigenvalue weighted by molar-refractivity contribution is -0.143. The van der Waals surface area contributed by atoms with Crippen molar-refractivity contribution in [3.8, 4) is 11.1 Å². The Balaban J connectivity index is 1.52. The number of benzene rings is 3. The van der Waals surface area contributed by atoms with E-state index < -0.39 is 30.5 Å². The van der Waals surface area contributed by atoms with Crippen LogP contribution in [0.15, 0.2) is 66.7 Å². The molecule has 1 amide bonds. The second-order valence-corrected chi connectivity index (χ2v) is 12.3. The van der Waals surface area contributed by atoms with Crippen LogP contribution in [-0.2, 0) is 10.2 Å². The maximum absolute atomic E-state index is 13.3. The molecule has 0 bridgehead atoms. The molecule has 1 unspecified atom stereocenters. The molecule has 1 aliphatic rings. The summed E-state index contributed by atoms with van der Waals surface area (Å²) in [5, 5.41) is 12.6. The van der Waals surface area contributed by atoms with Crippen LogP contribution in [0.2, 0.25) is 0 Å². The minimum Gasteiger partial charge on any atom is -0.481 e. The molecule has 1 saturated heterocycles. The van der Waals surface area contributed by atoms with Gasteiger partial charge < -0.3 is 15.3 Å². The van der Waals surface area contributed by atoms with Crippen molar-refractivity contribution in [1.29, 1.82) is 0 Å². The number of aliphatic carboxylic acids is 1. The van der Waals surface area contributed by atoms with Gasteiger partial charge in [0.15, 0.2) is 0 Å². The highest BCUT2D eigenvalue weighted by Gasteiger charge is 2.30. The molecule has 8 heteroatoms. The number of carboxylic acids is 1. The number of amides is 1. The van der Waals surface area contributed by atoms with Gasteiger partial charge in [0.1, 0.15) is 0 Å². The predicted octanol–water partition coefficient (Wildman–Crippen LogP) is 8.39. The summed E-state index contributed by atoms with van der Waals surface area (Å²) in [6, 6.07) is 20.3. The third kappa shape index (κ3) is 7.93. The molecule has 0 spiro atoms. The number of hydrogen-bond acceptors (Lipinski definition) is 3. The van der Waals surface area contributed by atoms with Crippen molar-refractivity contribution in [1.82, 2.24) is 4.90 Å². The standard InChI is InChI=1S/C34H39F3N2O3/c1-22-20-25(23-7-12-27(13-8-23)33(2,3)4)11-16-29(22)30(17-18-34(35,36)37)38-28-14-9-24(10-15-28)31(40)39-19-5-6-26(21-39)32(41)42/h7-16,20,26,30,38H,5-6,17-19,21H2,1-4H3,(H,41,42)/t26-,30?/m1/s1. The Bertz CT molecular complexity index is 1390. The molecule has 2 atom stereocenters. The van der Waals surface area contributed by atoms with Crippen molar-refractivity contribution in [2.75, 3.05) is 18.4 Å². The topological polar surface area (TPSA) is 69.6 Å². The van der Waals surface area contributed by atoms with E-state index in [1.54, 1.807) is 29.2 Å². The molecule has 4 rings (SSSR count). The Morgan fingerprint density at radius 1 is 0.976 bits per heavy atom. The Hall–Kier alpha value is -3.81. The summed E-state index contributed by atoms with van der Waals surface area (Å²) in [5.74, 6) is -1.72. The van der Waals surface area contributed by atoms with Crippen molar-refractivity contribution < 1.29 is 27.9 Å². The van der Waals surface area contributed by atoms with E-state index in [-0.39, 0.29) is 24.3 Å². The van der Waals surface area contributed by atoms with Gasteiger partial charge in [-0.1, -0.05) is 63.2 Å². The van der Waals surface area contributed by atoms with E-state index in [1.807, 2.05) is 25.1 Å². The quantitative estimate of drug-likeness (QED) is 0.281. The molecule has 2 N–H and O–H groups in total. The smallest absolute Gasteiger partial charge is 0.389 e. The number of carbonyl (C=O) groups excluding carboxylic acids is 1. The second-order valence-electron chi connectivity index (χ2n) is 12.3. The minimum atomic E-state index is -4.29. The number of piperidine rings is 1. The maximum Gasteiger partial charge on any atom is 0.389 e. The number of rotatable bonds is 8. The van der Waals surface area contributed by atoms with Gasteiger partial charge >= 0.3 is 12.1 Å². The van der Waals surface area contributed by atoms with Gasteiger partial charge in [-0.2, -0.15) is 13.2 Å². The summed E-state index contributed by atoms with van der Waals surface area (Å²) in [4.78, 5) is 25.9. The highest BCUT2D eigenvalue weighted by Crippen LogP contribution is 2.34. The van der Waals surface area contributed by atoms with Crippen molar-refractivity contribution in [2.45, 2.75) is 71.0 Å². The molecule has 0 saturated carbocycles. The molecular weight excluding hydrogens is 541 g/mol. The molecule has 42 heavy (non-hydrogen) atoms. The van der Waals surface area contributed by atoms with Crippen LogP contribution in [0.3, 0.4) is 0 Å². The first-order valence-corrected chi connectivity index (χ1v) is 14.4. The summed E-state index contributed by atoms with van der Waals surface area (Å²) < 4.78 is 39.8. The molecule has 224 valence electrons. The van der Waals surface area contributed by atoms with Gasteiger partial charge in [-0.05, 0) is 83.7 Å². The fourth-order valence-corrected chi connectivity index (χ4v) is 5.48. The van der Waals surface area contributed by atoms with Crippen LogP contribution in [0.5, 0.6) is 0 Å². The summed E-state index contributed by atoms with van der Waals surface area (Å²) in [6.45, 7) is 9.06.